The van der Waals surface area contributed by atoms with E-state index in [-0.39, 0.29) is 28.7 Å². The third kappa shape index (κ3) is 15.1. The minimum absolute atomic E-state index is 0.145. The quantitative estimate of drug-likeness (QED) is 0.0653. The summed E-state index contributed by atoms with van der Waals surface area (Å²) in [5.74, 6) is 5.38. The second-order valence-corrected chi connectivity index (χ2v) is 25.2. The van der Waals surface area contributed by atoms with E-state index in [4.69, 9.17) is 32.0 Å². The SMILES string of the molecule is Cc1cc(-c2cccc3nc([C@H](C)Nc4nc(N)ncc4C)n(-c4ccccc4)c(=O)c23)ccn1.Cc1ncc(-c2cccc3nc([C@H](C)Nc4nc(C)ncc4C#N)n(-c4ccccc4)c(=O)c23)cn1.[C-]#[N+]c1cnc(C)nc1N[C@@H](C)c1nc2cccc(-c3cncc(OC)c3)c2c(=O)n1-c1ccccc1. The summed E-state index contributed by atoms with van der Waals surface area (Å²) in [6.07, 6.45) is 13.1. The van der Waals surface area contributed by atoms with E-state index in [1.165, 1.54) is 12.4 Å². The van der Waals surface area contributed by atoms with Crippen molar-refractivity contribution in [3.05, 3.63) is 308 Å². The van der Waals surface area contributed by atoms with Crippen molar-refractivity contribution in [1.82, 2.24) is 78.5 Å². The van der Waals surface area contributed by atoms with Crippen molar-refractivity contribution < 1.29 is 4.74 Å². The Hall–Kier alpha value is -14.7. The lowest BCUT2D eigenvalue weighted by molar-refractivity contribution is 0.413. The Bertz CT molecular complexity index is 6170. The van der Waals surface area contributed by atoms with Gasteiger partial charge in [-0.15, -0.1) is 0 Å². The van der Waals surface area contributed by atoms with Gasteiger partial charge in [-0.3, -0.25) is 43.0 Å². The minimum Gasteiger partial charge on any atom is -0.495 e. The van der Waals surface area contributed by atoms with Gasteiger partial charge in [0.15, 0.2) is 0 Å². The molecule has 108 heavy (non-hydrogen) atoms. The Morgan fingerprint density at radius 1 is 0.463 bits per heavy atom. The maximum absolute atomic E-state index is 14.2. The second kappa shape index (κ2) is 31.5. The molecule has 0 bridgehead atoms. The Balaban J connectivity index is 0.000000143. The number of nitriles is 1. The number of nitrogen functional groups attached to an aromatic ring is 1. The van der Waals surface area contributed by atoms with E-state index in [9.17, 15) is 19.6 Å². The van der Waals surface area contributed by atoms with Crippen LogP contribution in [0.15, 0.2) is 228 Å². The van der Waals surface area contributed by atoms with E-state index in [2.05, 4.69) is 76.7 Å². The number of hydrogen-bond acceptors (Lipinski definition) is 22. The van der Waals surface area contributed by atoms with Crippen LogP contribution in [0.4, 0.5) is 29.1 Å². The van der Waals surface area contributed by atoms with Crippen molar-refractivity contribution in [1.29, 1.82) is 5.26 Å². The molecular weight excluding hydrogens is 1360 g/mol. The maximum atomic E-state index is 14.2. The number of pyridine rings is 2. The lowest BCUT2D eigenvalue weighted by Crippen LogP contribution is -2.28. The van der Waals surface area contributed by atoms with Crippen LogP contribution in [0.1, 0.15) is 90.7 Å². The van der Waals surface area contributed by atoms with Crippen LogP contribution >= 0.6 is 0 Å². The van der Waals surface area contributed by atoms with Gasteiger partial charge in [0.05, 0.1) is 94.0 Å². The molecule has 0 radical (unpaired) electrons. The average molecular weight is 1430 g/mol. The Labute approximate surface area is 619 Å². The van der Waals surface area contributed by atoms with Crippen LogP contribution in [-0.2, 0) is 0 Å². The number of aryl methyl sites for hydroxylation is 5. The molecule has 532 valence electrons. The highest BCUT2D eigenvalue weighted by molar-refractivity contribution is 5.96. The van der Waals surface area contributed by atoms with Gasteiger partial charge in [0.1, 0.15) is 69.8 Å². The first-order valence-corrected chi connectivity index (χ1v) is 34.3. The first kappa shape index (κ1) is 71.7. The number of nitrogens with two attached hydrogens (primary N) is 1. The standard InChI is InChI=1S/C28H23N7O2.C27H22N8O.C27H25N7O/c1-17(32-26-24(29-3)16-31-18(2)33-26)27-34-23-12-8-11-22(19-13-21(37-4)15-30-14-19)25(23)28(36)35(27)20-9-6-5-7-10-20;1-16(32-25-19(12-28)13-31-18(3)33-25)26-34-23-11-7-10-22(20-14-29-17(2)30-15-20)24(23)27(36)35(26)21-8-5-4-6-9-21;1-16-15-30-27(28)33-24(16)31-18(3)25-32-22-11-7-10-21(19-12-13-29-17(2)14-19)23(22)26(35)34(25)20-8-5-4-6-9-20/h5-17H,1-2,4H3,(H,31,32,33);4-11,13-16H,1-3H3,(H,31,32,33);4-15,18H,1-3H3,(H3,28,30,31,33)/t17-;16-;18-/m000/s1. The van der Waals surface area contributed by atoms with Crippen LogP contribution in [-0.4, -0.2) is 85.6 Å². The zero-order chi connectivity index (χ0) is 75.7. The number of para-hydroxylation sites is 3. The largest absolute Gasteiger partial charge is 0.495 e. The Kier molecular flexibility index (Phi) is 20.9. The zero-order valence-electron chi connectivity index (χ0n) is 60.2. The van der Waals surface area contributed by atoms with Crippen LogP contribution in [0.2, 0.25) is 0 Å². The fourth-order valence-electron chi connectivity index (χ4n) is 12.5. The van der Waals surface area contributed by atoms with Crippen LogP contribution < -0.4 is 43.1 Å². The molecule has 0 spiro atoms. The Morgan fingerprint density at radius 3 is 1.40 bits per heavy atom. The molecule has 0 fully saturated rings. The molecule has 0 unspecified atom stereocenters. The van der Waals surface area contributed by atoms with E-state index in [1.807, 2.05) is 205 Å². The number of anilines is 4. The number of methoxy groups -OCH3 is 1. The van der Waals surface area contributed by atoms with E-state index >= 15 is 0 Å². The number of nitrogens with zero attached hydrogens (tertiary/aromatic N) is 18. The molecule has 0 amide bonds. The molecule has 26 nitrogen and oxygen atoms in total. The number of hydrogen-bond donors (Lipinski definition) is 4. The molecule has 5 N–H and O–H groups in total. The van der Waals surface area contributed by atoms with Gasteiger partial charge in [-0.2, -0.15) is 10.2 Å². The highest BCUT2D eigenvalue weighted by atomic mass is 16.5. The number of rotatable bonds is 16. The molecule has 15 rings (SSSR count). The molecule has 0 saturated heterocycles. The number of benzene rings is 6. The summed E-state index contributed by atoms with van der Waals surface area (Å²) in [5, 5.41) is 20.9. The lowest BCUT2D eigenvalue weighted by Gasteiger charge is -2.21. The summed E-state index contributed by atoms with van der Waals surface area (Å²) in [4.78, 5) is 103. The van der Waals surface area contributed by atoms with E-state index < -0.39 is 12.1 Å². The van der Waals surface area contributed by atoms with Gasteiger partial charge in [-0.25, -0.2) is 49.7 Å². The van der Waals surface area contributed by atoms with Crippen LogP contribution in [0, 0.1) is 52.5 Å². The molecule has 0 saturated carbocycles. The summed E-state index contributed by atoms with van der Waals surface area (Å²) >= 11 is 0. The molecule has 9 heterocycles. The topological polar surface area (TPSA) is 333 Å². The van der Waals surface area contributed by atoms with Crippen LogP contribution in [0.3, 0.4) is 0 Å². The van der Waals surface area contributed by atoms with E-state index in [0.29, 0.717) is 125 Å². The highest BCUT2D eigenvalue weighted by Crippen LogP contribution is 2.34. The molecule has 3 atom stereocenters. The van der Waals surface area contributed by atoms with Crippen LogP contribution in [0.25, 0.3) is 88.0 Å². The number of fused-ring (bicyclic) bond motifs is 3. The summed E-state index contributed by atoms with van der Waals surface area (Å²) in [7, 11) is 1.58. The van der Waals surface area contributed by atoms with Gasteiger partial charge in [0.25, 0.3) is 16.7 Å². The fraction of sp³-hybridized carbons (Fsp3) is 0.146. The van der Waals surface area contributed by atoms with Gasteiger partial charge in [-0.05, 0) is 150 Å². The van der Waals surface area contributed by atoms with Crippen molar-refractivity contribution >= 4 is 61.8 Å². The predicted molar refractivity (Wildman–Crippen MR) is 417 cm³/mol. The summed E-state index contributed by atoms with van der Waals surface area (Å²) in [5.41, 5.74) is 16.0. The summed E-state index contributed by atoms with van der Waals surface area (Å²) < 4.78 is 10.2. The summed E-state index contributed by atoms with van der Waals surface area (Å²) in [6, 6.07) is 51.6. The summed E-state index contributed by atoms with van der Waals surface area (Å²) in [6.45, 7) is 22.3. The number of ether oxygens (including phenoxy) is 1. The smallest absolute Gasteiger partial charge is 0.266 e. The van der Waals surface area contributed by atoms with Gasteiger partial charge in [-0.1, -0.05) is 91.0 Å². The van der Waals surface area contributed by atoms with Crippen molar-refractivity contribution in [2.24, 2.45) is 0 Å². The van der Waals surface area contributed by atoms with E-state index in [0.717, 1.165) is 39.2 Å². The van der Waals surface area contributed by atoms with Gasteiger partial charge in [0, 0.05) is 59.6 Å². The molecule has 9 aromatic heterocycles. The first-order valence-electron chi connectivity index (χ1n) is 34.3. The van der Waals surface area contributed by atoms with Crippen molar-refractivity contribution in [3.63, 3.8) is 0 Å². The molecule has 0 aliphatic heterocycles. The molecular formula is C82H70N22O4. The Morgan fingerprint density at radius 2 is 0.917 bits per heavy atom. The molecule has 0 aliphatic carbocycles. The average Bonchev–Trinajstić information content (AvgIpc) is 0.761. The fourth-order valence-corrected chi connectivity index (χ4v) is 12.5. The van der Waals surface area contributed by atoms with Gasteiger partial charge < -0.3 is 26.4 Å². The lowest BCUT2D eigenvalue weighted by atomic mass is 10.0. The van der Waals surface area contributed by atoms with Crippen molar-refractivity contribution in [2.75, 3.05) is 28.8 Å². The zero-order valence-corrected chi connectivity index (χ0v) is 60.2. The highest BCUT2D eigenvalue weighted by Gasteiger charge is 2.26. The third-order valence-electron chi connectivity index (χ3n) is 17.6. The molecule has 6 aromatic carbocycles. The second-order valence-electron chi connectivity index (χ2n) is 25.2. The monoisotopic (exact) mass is 1430 g/mol. The normalized spacial score (nSPS) is 11.8. The van der Waals surface area contributed by atoms with E-state index in [1.54, 1.807) is 71.8 Å². The predicted octanol–water partition coefficient (Wildman–Crippen LogP) is 14.2. The molecule has 26 heteroatoms. The van der Waals surface area contributed by atoms with Gasteiger partial charge >= 0.3 is 0 Å². The number of aromatic nitrogens is 16. The maximum Gasteiger partial charge on any atom is 0.266 e. The van der Waals surface area contributed by atoms with Crippen LogP contribution in [0.5, 0.6) is 5.75 Å². The molecule has 0 aliphatic rings. The number of nitrogens with one attached hydrogen (secondary N) is 3. The van der Waals surface area contributed by atoms with Crippen molar-refractivity contribution in [3.8, 4) is 62.3 Å². The molecule has 15 aromatic rings. The van der Waals surface area contributed by atoms with Crippen molar-refractivity contribution in [2.45, 2.75) is 73.5 Å². The third-order valence-corrected chi connectivity index (χ3v) is 17.6. The first-order chi connectivity index (χ1) is 52.4. The minimum atomic E-state index is -0.464. The van der Waals surface area contributed by atoms with Gasteiger partial charge in [0.2, 0.25) is 11.6 Å².